The van der Waals surface area contributed by atoms with Crippen LogP contribution in [-0.2, 0) is 30.2 Å². The normalized spacial score (nSPS) is 11.9. The first-order valence-corrected chi connectivity index (χ1v) is 7.04. The third kappa shape index (κ3) is 2.67. The molecule has 0 aliphatic carbocycles. The predicted octanol–water partition coefficient (Wildman–Crippen LogP) is -0.578. The average molecular weight is 285 g/mol. The van der Waals surface area contributed by atoms with Gasteiger partial charge in [0.05, 0.1) is 19.0 Å². The highest BCUT2D eigenvalue weighted by Crippen LogP contribution is 2.13. The fraction of sp³-hybridized carbons (Fsp3) is 0.400. The second-order valence-electron chi connectivity index (χ2n) is 4.09. The van der Waals surface area contributed by atoms with Crippen LogP contribution in [0.25, 0.3) is 0 Å². The summed E-state index contributed by atoms with van der Waals surface area (Å²) in [5, 5.41) is 18.9. The van der Waals surface area contributed by atoms with Crippen LogP contribution in [0.4, 0.5) is 0 Å². The van der Waals surface area contributed by atoms with E-state index in [4.69, 9.17) is 5.11 Å². The molecule has 0 fully saturated rings. The molecule has 0 saturated heterocycles. The molecule has 0 aliphatic heterocycles. The van der Waals surface area contributed by atoms with Crippen LogP contribution in [0.3, 0.4) is 0 Å². The van der Waals surface area contributed by atoms with Crippen molar-refractivity contribution >= 4 is 10.0 Å². The molecule has 2 aromatic rings. The van der Waals surface area contributed by atoms with Crippen molar-refractivity contribution in [2.24, 2.45) is 7.05 Å². The van der Waals surface area contributed by atoms with Gasteiger partial charge >= 0.3 is 0 Å². The van der Waals surface area contributed by atoms with Crippen LogP contribution in [0.5, 0.6) is 0 Å². The lowest BCUT2D eigenvalue weighted by Crippen LogP contribution is -2.24. The van der Waals surface area contributed by atoms with Gasteiger partial charge in [0, 0.05) is 30.4 Å². The maximum Gasteiger partial charge on any atom is 0.258 e. The Morgan fingerprint density at radius 2 is 2.16 bits per heavy atom. The molecular formula is C10H15N5O3S. The topological polar surface area (TPSA) is 113 Å². The molecule has 0 spiro atoms. The van der Waals surface area contributed by atoms with Crippen LogP contribution in [0, 0.1) is 6.92 Å². The summed E-state index contributed by atoms with van der Waals surface area (Å²) in [7, 11) is -1.95. The van der Waals surface area contributed by atoms with E-state index in [9.17, 15) is 8.42 Å². The summed E-state index contributed by atoms with van der Waals surface area (Å²) in [5.41, 5.74) is 1.90. The summed E-state index contributed by atoms with van der Waals surface area (Å²) in [6.07, 6.45) is 2.89. The molecule has 2 rings (SSSR count). The van der Waals surface area contributed by atoms with Crippen LogP contribution in [-0.4, -0.2) is 33.5 Å². The van der Waals surface area contributed by atoms with Gasteiger partial charge in [0.1, 0.15) is 0 Å². The Morgan fingerprint density at radius 3 is 2.74 bits per heavy atom. The molecule has 0 aliphatic rings. The SMILES string of the molecule is Cc1c(CNS(=O)(=O)c2[nH]ncc2CO)cnn1C. The van der Waals surface area contributed by atoms with Gasteiger partial charge < -0.3 is 5.11 Å². The molecule has 0 radical (unpaired) electrons. The number of nitrogens with zero attached hydrogens (tertiary/aromatic N) is 3. The summed E-state index contributed by atoms with van der Waals surface area (Å²) < 4.78 is 28.2. The minimum absolute atomic E-state index is 0.114. The number of aliphatic hydroxyl groups is 1. The van der Waals surface area contributed by atoms with Crippen molar-refractivity contribution in [1.29, 1.82) is 0 Å². The van der Waals surface area contributed by atoms with Gasteiger partial charge in [0.25, 0.3) is 10.0 Å². The van der Waals surface area contributed by atoms with Gasteiger partial charge in [-0.2, -0.15) is 10.2 Å². The molecule has 0 unspecified atom stereocenters. The Balaban J connectivity index is 2.17. The molecule has 8 nitrogen and oxygen atoms in total. The number of rotatable bonds is 5. The quantitative estimate of drug-likeness (QED) is 0.680. The summed E-state index contributed by atoms with van der Waals surface area (Å²) >= 11 is 0. The monoisotopic (exact) mass is 285 g/mol. The maximum absolute atomic E-state index is 12.0. The van der Waals surface area contributed by atoms with Gasteiger partial charge in [-0.25, -0.2) is 13.1 Å². The number of H-pyrrole nitrogens is 1. The van der Waals surface area contributed by atoms with Crippen LogP contribution in [0.15, 0.2) is 17.4 Å². The first-order chi connectivity index (χ1) is 8.95. The third-order valence-corrected chi connectivity index (χ3v) is 4.32. The van der Waals surface area contributed by atoms with Crippen LogP contribution >= 0.6 is 0 Å². The Hall–Kier alpha value is -1.71. The summed E-state index contributed by atoms with van der Waals surface area (Å²) in [6.45, 7) is 1.59. The van der Waals surface area contributed by atoms with Crippen LogP contribution < -0.4 is 4.72 Å². The lowest BCUT2D eigenvalue weighted by atomic mass is 10.3. The number of nitrogens with one attached hydrogen (secondary N) is 2. The van der Waals surface area contributed by atoms with Crippen LogP contribution in [0.2, 0.25) is 0 Å². The molecule has 104 valence electrons. The lowest BCUT2D eigenvalue weighted by Gasteiger charge is -2.06. The van der Waals surface area contributed by atoms with E-state index in [1.807, 2.05) is 6.92 Å². The zero-order valence-corrected chi connectivity index (χ0v) is 11.4. The van der Waals surface area contributed by atoms with Crippen molar-refractivity contribution in [3.05, 3.63) is 29.2 Å². The van der Waals surface area contributed by atoms with E-state index in [1.54, 1.807) is 17.9 Å². The van der Waals surface area contributed by atoms with Crippen molar-refractivity contribution in [1.82, 2.24) is 24.7 Å². The number of aromatic amines is 1. The minimum atomic E-state index is -3.73. The highest BCUT2D eigenvalue weighted by atomic mass is 32.2. The molecular weight excluding hydrogens is 270 g/mol. The second-order valence-corrected chi connectivity index (χ2v) is 5.79. The molecule has 19 heavy (non-hydrogen) atoms. The van der Waals surface area contributed by atoms with E-state index in [1.165, 1.54) is 6.20 Å². The number of aliphatic hydroxyl groups excluding tert-OH is 1. The van der Waals surface area contributed by atoms with E-state index in [0.29, 0.717) is 0 Å². The highest BCUT2D eigenvalue weighted by Gasteiger charge is 2.20. The second kappa shape index (κ2) is 5.11. The summed E-state index contributed by atoms with van der Waals surface area (Å²) in [5.74, 6) is 0. The van der Waals surface area contributed by atoms with E-state index < -0.39 is 16.6 Å². The molecule has 0 saturated carbocycles. The third-order valence-electron chi connectivity index (χ3n) is 2.91. The molecule has 3 N–H and O–H groups in total. The number of aryl methyl sites for hydroxylation is 1. The Labute approximate surface area is 110 Å². The Kier molecular flexibility index (Phi) is 3.69. The van der Waals surface area contributed by atoms with Gasteiger partial charge in [-0.05, 0) is 6.92 Å². The fourth-order valence-corrected chi connectivity index (χ4v) is 2.73. The summed E-state index contributed by atoms with van der Waals surface area (Å²) in [4.78, 5) is 0. The number of hydrogen-bond donors (Lipinski definition) is 3. The van der Waals surface area contributed by atoms with E-state index in [-0.39, 0.29) is 17.1 Å². The first-order valence-electron chi connectivity index (χ1n) is 5.56. The molecule has 9 heteroatoms. The minimum Gasteiger partial charge on any atom is -0.392 e. The van der Waals surface area contributed by atoms with Crippen molar-refractivity contribution in [3.8, 4) is 0 Å². The lowest BCUT2D eigenvalue weighted by molar-refractivity contribution is 0.278. The fourth-order valence-electron chi connectivity index (χ4n) is 1.61. The number of hydrogen-bond acceptors (Lipinski definition) is 5. The largest absolute Gasteiger partial charge is 0.392 e. The Morgan fingerprint density at radius 1 is 1.42 bits per heavy atom. The molecule has 2 aromatic heterocycles. The van der Waals surface area contributed by atoms with Crippen LogP contribution in [0.1, 0.15) is 16.8 Å². The van der Waals surface area contributed by atoms with Gasteiger partial charge in [0.2, 0.25) is 0 Å². The standard InChI is InChI=1S/C10H15N5O3S/c1-7-8(4-12-15(7)2)5-13-19(17,18)10-9(6-16)3-11-14-10/h3-4,13,16H,5-6H2,1-2H3,(H,11,14). The smallest absolute Gasteiger partial charge is 0.258 e. The van der Waals surface area contributed by atoms with Crippen molar-refractivity contribution in [3.63, 3.8) is 0 Å². The number of aromatic nitrogens is 4. The van der Waals surface area contributed by atoms with E-state index >= 15 is 0 Å². The number of sulfonamides is 1. The van der Waals surface area contributed by atoms with E-state index in [2.05, 4.69) is 20.0 Å². The molecule has 0 atom stereocenters. The Bertz CT molecular complexity index is 673. The van der Waals surface area contributed by atoms with Crippen molar-refractivity contribution < 1.29 is 13.5 Å². The van der Waals surface area contributed by atoms with Gasteiger partial charge in [-0.3, -0.25) is 9.78 Å². The van der Waals surface area contributed by atoms with Crippen molar-refractivity contribution in [2.45, 2.75) is 25.1 Å². The maximum atomic E-state index is 12.0. The summed E-state index contributed by atoms with van der Waals surface area (Å²) in [6, 6.07) is 0. The zero-order valence-electron chi connectivity index (χ0n) is 10.6. The first kappa shape index (κ1) is 13.7. The van der Waals surface area contributed by atoms with Crippen molar-refractivity contribution in [2.75, 3.05) is 0 Å². The predicted molar refractivity (Wildman–Crippen MR) is 66.5 cm³/mol. The molecule has 0 aromatic carbocycles. The zero-order chi connectivity index (χ0) is 14.0. The molecule has 2 heterocycles. The highest BCUT2D eigenvalue weighted by molar-refractivity contribution is 7.89. The molecule has 0 amide bonds. The van der Waals surface area contributed by atoms with Gasteiger partial charge in [-0.1, -0.05) is 0 Å². The van der Waals surface area contributed by atoms with Gasteiger partial charge in [-0.15, -0.1) is 0 Å². The van der Waals surface area contributed by atoms with Gasteiger partial charge in [0.15, 0.2) is 5.03 Å². The molecule has 0 bridgehead atoms. The van der Waals surface area contributed by atoms with E-state index in [0.717, 1.165) is 11.3 Å². The average Bonchev–Trinajstić information content (AvgIpc) is 2.97.